The molecule has 3 aromatic rings. The largest absolute Gasteiger partial charge is 0.396 e. The van der Waals surface area contributed by atoms with E-state index in [2.05, 4.69) is 11.0 Å². The first kappa shape index (κ1) is 16.7. The van der Waals surface area contributed by atoms with Crippen molar-refractivity contribution in [2.24, 2.45) is 11.3 Å². The molecule has 1 N–H and O–H groups in total. The molecule has 2 aromatic carbocycles. The van der Waals surface area contributed by atoms with Gasteiger partial charge in [-0.2, -0.15) is 0 Å². The number of aromatic nitrogens is 2. The molecule has 138 valence electrons. The van der Waals surface area contributed by atoms with Crippen LogP contribution in [0.25, 0.3) is 22.3 Å². The lowest BCUT2D eigenvalue weighted by Crippen LogP contribution is -2.41. The number of fused-ring (bicyclic) bond motifs is 2. The molecule has 0 radical (unpaired) electrons. The highest BCUT2D eigenvalue weighted by molar-refractivity contribution is 5.91. The first-order chi connectivity index (χ1) is 13.3. The Kier molecular flexibility index (Phi) is 4.06. The van der Waals surface area contributed by atoms with Crippen LogP contribution in [0.5, 0.6) is 0 Å². The lowest BCUT2D eigenvalue weighted by atomic mass is 9.75. The van der Waals surface area contributed by atoms with Gasteiger partial charge in [0.15, 0.2) is 5.82 Å². The van der Waals surface area contributed by atoms with Gasteiger partial charge >= 0.3 is 0 Å². The van der Waals surface area contributed by atoms with E-state index < -0.39 is 0 Å². The van der Waals surface area contributed by atoms with Gasteiger partial charge < -0.3 is 14.7 Å². The van der Waals surface area contributed by atoms with Crippen molar-refractivity contribution in [2.45, 2.75) is 6.42 Å². The van der Waals surface area contributed by atoms with E-state index in [9.17, 15) is 5.11 Å². The quantitative estimate of drug-likeness (QED) is 0.777. The number of ether oxygens (including phenoxy) is 1. The molecular formula is C22H23N3O2. The van der Waals surface area contributed by atoms with Crippen molar-refractivity contribution < 1.29 is 9.84 Å². The summed E-state index contributed by atoms with van der Waals surface area (Å²) >= 11 is 0. The van der Waals surface area contributed by atoms with Crippen LogP contribution >= 0.6 is 0 Å². The second-order valence-corrected chi connectivity index (χ2v) is 7.68. The summed E-state index contributed by atoms with van der Waals surface area (Å²) in [5, 5.41) is 11.2. The van der Waals surface area contributed by atoms with Gasteiger partial charge in [-0.25, -0.2) is 9.97 Å². The molecule has 27 heavy (non-hydrogen) atoms. The topological polar surface area (TPSA) is 58.5 Å². The fourth-order valence-electron chi connectivity index (χ4n) is 4.48. The van der Waals surface area contributed by atoms with Gasteiger partial charge in [-0.15, -0.1) is 0 Å². The minimum absolute atomic E-state index is 0.0861. The smallest absolute Gasteiger partial charge is 0.162 e. The molecule has 2 aliphatic heterocycles. The normalized spacial score (nSPS) is 24.9. The van der Waals surface area contributed by atoms with E-state index >= 15 is 0 Å². The van der Waals surface area contributed by atoms with Crippen LogP contribution in [0.1, 0.15) is 6.42 Å². The Labute approximate surface area is 158 Å². The van der Waals surface area contributed by atoms with E-state index in [4.69, 9.17) is 14.7 Å². The third kappa shape index (κ3) is 2.78. The highest BCUT2D eigenvalue weighted by Gasteiger charge is 2.48. The van der Waals surface area contributed by atoms with Crippen molar-refractivity contribution in [3.8, 4) is 11.4 Å². The van der Waals surface area contributed by atoms with Crippen LogP contribution in [0.15, 0.2) is 54.6 Å². The van der Waals surface area contributed by atoms with Crippen LogP contribution in [0.4, 0.5) is 5.82 Å². The van der Waals surface area contributed by atoms with E-state index in [1.807, 2.05) is 48.5 Å². The number of aliphatic hydroxyl groups is 1. The maximum absolute atomic E-state index is 10.1. The molecule has 2 fully saturated rings. The molecule has 0 unspecified atom stereocenters. The summed E-state index contributed by atoms with van der Waals surface area (Å²) < 4.78 is 5.70. The first-order valence-electron chi connectivity index (χ1n) is 9.55. The van der Waals surface area contributed by atoms with Gasteiger partial charge in [0.25, 0.3) is 0 Å². The third-order valence-corrected chi connectivity index (χ3v) is 6.11. The van der Waals surface area contributed by atoms with Gasteiger partial charge in [-0.05, 0) is 18.6 Å². The molecular weight excluding hydrogens is 338 g/mol. The first-order valence-corrected chi connectivity index (χ1v) is 9.55. The van der Waals surface area contributed by atoms with Gasteiger partial charge in [0.05, 0.1) is 18.7 Å². The van der Waals surface area contributed by atoms with Crippen molar-refractivity contribution in [1.82, 2.24) is 9.97 Å². The fourth-order valence-corrected chi connectivity index (χ4v) is 4.48. The van der Waals surface area contributed by atoms with E-state index in [1.165, 1.54) is 0 Å². The number of nitrogens with zero attached hydrogens (tertiary/aromatic N) is 3. The number of aliphatic hydroxyl groups excluding tert-OH is 1. The molecule has 5 heteroatoms. The number of para-hydroxylation sites is 1. The molecule has 0 amide bonds. The Bertz CT molecular complexity index is 962. The zero-order valence-corrected chi connectivity index (χ0v) is 15.2. The summed E-state index contributed by atoms with van der Waals surface area (Å²) in [6.45, 7) is 3.31. The maximum Gasteiger partial charge on any atom is 0.162 e. The Morgan fingerprint density at radius 3 is 2.70 bits per heavy atom. The molecule has 3 heterocycles. The molecule has 0 aliphatic carbocycles. The van der Waals surface area contributed by atoms with Crippen LogP contribution in [0.2, 0.25) is 0 Å². The Morgan fingerprint density at radius 1 is 1.07 bits per heavy atom. The average molecular weight is 361 g/mol. The molecule has 0 spiro atoms. The zero-order valence-electron chi connectivity index (χ0n) is 15.2. The Morgan fingerprint density at radius 2 is 1.89 bits per heavy atom. The average Bonchev–Trinajstić information content (AvgIpc) is 3.13. The number of hydrogen-bond acceptors (Lipinski definition) is 5. The summed E-state index contributed by atoms with van der Waals surface area (Å²) in [5.41, 5.74) is 1.88. The summed E-state index contributed by atoms with van der Waals surface area (Å²) in [7, 11) is 0. The summed E-state index contributed by atoms with van der Waals surface area (Å²) in [4.78, 5) is 12.1. The maximum atomic E-state index is 10.1. The summed E-state index contributed by atoms with van der Waals surface area (Å²) in [6, 6.07) is 18.3. The second kappa shape index (κ2) is 6.59. The van der Waals surface area contributed by atoms with Crippen molar-refractivity contribution in [3.05, 3.63) is 54.6 Å². The van der Waals surface area contributed by atoms with E-state index in [1.54, 1.807) is 0 Å². The molecule has 0 saturated carbocycles. The number of anilines is 1. The van der Waals surface area contributed by atoms with Gasteiger partial charge in [-0.3, -0.25) is 0 Å². The number of rotatable bonds is 3. The molecule has 2 atom stereocenters. The number of benzene rings is 2. The minimum Gasteiger partial charge on any atom is -0.396 e. The lowest BCUT2D eigenvalue weighted by Gasteiger charge is -2.36. The predicted molar refractivity (Wildman–Crippen MR) is 106 cm³/mol. The number of hydrogen-bond donors (Lipinski definition) is 1. The van der Waals surface area contributed by atoms with Crippen LogP contribution in [-0.2, 0) is 4.74 Å². The van der Waals surface area contributed by atoms with Crippen molar-refractivity contribution in [3.63, 3.8) is 0 Å². The predicted octanol–water partition coefficient (Wildman–Crippen LogP) is 3.13. The molecule has 1 aromatic heterocycles. The van der Waals surface area contributed by atoms with E-state index in [0.717, 1.165) is 54.2 Å². The standard InChI is InChI=1S/C22H23N3O2/c26-15-22-10-11-27-13-17(22)12-25(14-22)21-18-8-4-5-9-19(18)23-20(24-21)16-6-2-1-3-7-16/h1-9,17,26H,10-15H2/t17-,22-/m1/s1. The van der Waals surface area contributed by atoms with Crippen LogP contribution in [0.3, 0.4) is 0 Å². The molecule has 5 nitrogen and oxygen atoms in total. The van der Waals surface area contributed by atoms with E-state index in [-0.39, 0.29) is 12.0 Å². The van der Waals surface area contributed by atoms with Crippen molar-refractivity contribution >= 4 is 16.7 Å². The Hall–Kier alpha value is -2.50. The van der Waals surface area contributed by atoms with Crippen molar-refractivity contribution in [2.75, 3.05) is 37.8 Å². The molecule has 0 bridgehead atoms. The van der Waals surface area contributed by atoms with Gasteiger partial charge in [0.2, 0.25) is 0 Å². The Balaban J connectivity index is 1.62. The summed E-state index contributed by atoms with van der Waals surface area (Å²) in [6.07, 6.45) is 0.902. The van der Waals surface area contributed by atoms with Crippen molar-refractivity contribution in [1.29, 1.82) is 0 Å². The fraction of sp³-hybridized carbons (Fsp3) is 0.364. The minimum atomic E-state index is -0.0861. The van der Waals surface area contributed by atoms with Gasteiger partial charge in [0.1, 0.15) is 5.82 Å². The highest BCUT2D eigenvalue weighted by atomic mass is 16.5. The second-order valence-electron chi connectivity index (χ2n) is 7.68. The monoisotopic (exact) mass is 361 g/mol. The van der Waals surface area contributed by atoms with Crippen LogP contribution in [-0.4, -0.2) is 48.0 Å². The van der Waals surface area contributed by atoms with E-state index in [0.29, 0.717) is 12.5 Å². The van der Waals surface area contributed by atoms with Gasteiger partial charge in [-0.1, -0.05) is 42.5 Å². The highest BCUT2D eigenvalue weighted by Crippen LogP contribution is 2.44. The summed E-state index contributed by atoms with van der Waals surface area (Å²) in [5.74, 6) is 2.04. The zero-order chi connectivity index (χ0) is 18.3. The third-order valence-electron chi connectivity index (χ3n) is 6.11. The molecule has 5 rings (SSSR count). The van der Waals surface area contributed by atoms with Crippen LogP contribution < -0.4 is 4.90 Å². The lowest BCUT2D eigenvalue weighted by molar-refractivity contribution is -0.0410. The SMILES string of the molecule is OC[C@]12CCOC[C@H]1CN(c1nc(-c3ccccc3)nc3ccccc13)C2. The van der Waals surface area contributed by atoms with Gasteiger partial charge in [0, 0.05) is 42.0 Å². The molecule has 2 aliphatic rings. The van der Waals surface area contributed by atoms with Crippen LogP contribution in [0, 0.1) is 11.3 Å². The molecule has 2 saturated heterocycles.